The number of nitrogens with zero attached hydrogens (tertiary/aromatic N) is 3. The van der Waals surface area contributed by atoms with Crippen LogP contribution in [0.25, 0.3) is 0 Å². The van der Waals surface area contributed by atoms with Crippen molar-refractivity contribution in [1.29, 1.82) is 0 Å². The van der Waals surface area contributed by atoms with Gasteiger partial charge >= 0.3 is 5.69 Å². The maximum Gasteiger partial charge on any atom is 0.368 e. The van der Waals surface area contributed by atoms with Crippen LogP contribution in [0.5, 0.6) is 0 Å². The average Bonchev–Trinajstić information content (AvgIpc) is 2.34. The zero-order valence-electron chi connectivity index (χ0n) is 5.14. The van der Waals surface area contributed by atoms with Crippen molar-refractivity contribution in [1.82, 2.24) is 14.0 Å². The minimum absolute atomic E-state index is 0.249. The number of fused-ring (bicyclic) bond motifs is 1. The number of aromatic nitrogens is 3. The Morgan fingerprint density at radius 1 is 1.30 bits per heavy atom. The van der Waals surface area contributed by atoms with Crippen LogP contribution in [-0.4, -0.2) is 14.0 Å². The first kappa shape index (κ1) is 5.22. The summed E-state index contributed by atoms with van der Waals surface area (Å²) in [6.45, 7) is 0. The molecule has 0 aliphatic heterocycles. The first-order valence-corrected chi connectivity index (χ1v) is 2.88. The Balaban J connectivity index is 3.07. The molecule has 0 unspecified atom stereocenters. The second-order valence-corrected chi connectivity index (χ2v) is 1.93. The van der Waals surface area contributed by atoms with Gasteiger partial charge in [0.25, 0.3) is 0 Å². The van der Waals surface area contributed by atoms with E-state index in [0.29, 0.717) is 0 Å². The molecule has 4 heteroatoms. The van der Waals surface area contributed by atoms with E-state index in [0.717, 1.165) is 0 Å². The summed E-state index contributed by atoms with van der Waals surface area (Å²) in [7, 11) is 0. The SMILES string of the molecule is O=c1ncn2ccccn12. The fourth-order valence-electron chi connectivity index (χ4n) is 0.842. The van der Waals surface area contributed by atoms with Crippen molar-refractivity contribution < 1.29 is 0 Å². The van der Waals surface area contributed by atoms with Crippen LogP contribution in [0.2, 0.25) is 0 Å². The number of hydrogen-bond donors (Lipinski definition) is 0. The molecule has 0 bridgehead atoms. The maximum absolute atomic E-state index is 10.8. The molecule has 2 aromatic heterocycles. The molecule has 0 radical (unpaired) electrons. The first-order chi connectivity index (χ1) is 4.88. The lowest BCUT2D eigenvalue weighted by Gasteiger charge is -1.89. The molecule has 2 heterocycles. The summed E-state index contributed by atoms with van der Waals surface area (Å²) in [5.41, 5.74) is -0.249. The highest BCUT2D eigenvalue weighted by Crippen LogP contribution is 1.81. The van der Waals surface area contributed by atoms with Gasteiger partial charge in [0.05, 0.1) is 0 Å². The van der Waals surface area contributed by atoms with Gasteiger partial charge < -0.3 is 0 Å². The molecule has 0 amide bonds. The van der Waals surface area contributed by atoms with E-state index in [4.69, 9.17) is 0 Å². The number of hydrogen-bond acceptors (Lipinski definition) is 2. The van der Waals surface area contributed by atoms with Gasteiger partial charge in [-0.2, -0.15) is 4.98 Å². The molecule has 10 heavy (non-hydrogen) atoms. The van der Waals surface area contributed by atoms with E-state index in [-0.39, 0.29) is 5.69 Å². The third-order valence-corrected chi connectivity index (χ3v) is 1.31. The molecular weight excluding hydrogens is 130 g/mol. The fraction of sp³-hybridized carbons (Fsp3) is 0. The lowest BCUT2D eigenvalue weighted by atomic mass is 10.6. The van der Waals surface area contributed by atoms with E-state index in [1.165, 1.54) is 10.8 Å². The molecule has 0 aliphatic carbocycles. The first-order valence-electron chi connectivity index (χ1n) is 2.88. The molecule has 0 aliphatic rings. The zero-order valence-corrected chi connectivity index (χ0v) is 5.14. The van der Waals surface area contributed by atoms with Gasteiger partial charge in [0.15, 0.2) is 0 Å². The molecule has 0 saturated heterocycles. The normalized spacial score (nSPS) is 10.4. The highest BCUT2D eigenvalue weighted by Gasteiger charge is 1.91. The van der Waals surface area contributed by atoms with Gasteiger partial charge in [0, 0.05) is 12.4 Å². The second kappa shape index (κ2) is 1.70. The molecule has 0 fully saturated rings. The van der Waals surface area contributed by atoms with E-state index < -0.39 is 0 Å². The molecule has 0 atom stereocenters. The van der Waals surface area contributed by atoms with Crippen LogP contribution in [0, 0.1) is 0 Å². The van der Waals surface area contributed by atoms with Crippen molar-refractivity contribution in [2.24, 2.45) is 0 Å². The highest BCUT2D eigenvalue weighted by molar-refractivity contribution is 4.87. The van der Waals surface area contributed by atoms with E-state index >= 15 is 0 Å². The van der Waals surface area contributed by atoms with Gasteiger partial charge in [-0.3, -0.25) is 0 Å². The molecule has 2 aromatic rings. The third kappa shape index (κ3) is 0.556. The zero-order chi connectivity index (χ0) is 6.97. The van der Waals surface area contributed by atoms with Crippen LogP contribution in [0.15, 0.2) is 35.6 Å². The van der Waals surface area contributed by atoms with E-state index in [1.54, 1.807) is 23.0 Å². The predicted molar refractivity (Wildman–Crippen MR) is 34.9 cm³/mol. The molecule has 0 aromatic carbocycles. The van der Waals surface area contributed by atoms with Crippen molar-refractivity contribution >= 4 is 0 Å². The lowest BCUT2D eigenvalue weighted by Crippen LogP contribution is -2.11. The van der Waals surface area contributed by atoms with Crippen molar-refractivity contribution in [3.8, 4) is 0 Å². The largest absolute Gasteiger partial charge is 0.368 e. The Kier molecular flexibility index (Phi) is 0.887. The monoisotopic (exact) mass is 135 g/mol. The summed E-state index contributed by atoms with van der Waals surface area (Å²) >= 11 is 0. The van der Waals surface area contributed by atoms with Crippen molar-refractivity contribution in [3.05, 3.63) is 41.3 Å². The smallest absolute Gasteiger partial charge is 0.244 e. The molecule has 0 spiro atoms. The molecular formula is C6H5N3O. The minimum atomic E-state index is -0.249. The van der Waals surface area contributed by atoms with Crippen LogP contribution in [0.3, 0.4) is 0 Å². The van der Waals surface area contributed by atoms with E-state index in [2.05, 4.69) is 4.98 Å². The van der Waals surface area contributed by atoms with Crippen LogP contribution in [0.1, 0.15) is 0 Å². The fourth-order valence-corrected chi connectivity index (χ4v) is 0.842. The van der Waals surface area contributed by atoms with Gasteiger partial charge in [-0.05, 0) is 12.1 Å². The Morgan fingerprint density at radius 3 is 2.90 bits per heavy atom. The van der Waals surface area contributed by atoms with Crippen molar-refractivity contribution in [2.45, 2.75) is 0 Å². The Labute approximate surface area is 56.3 Å². The van der Waals surface area contributed by atoms with Gasteiger partial charge in [0.1, 0.15) is 6.33 Å². The second-order valence-electron chi connectivity index (χ2n) is 1.93. The Hall–Kier alpha value is -1.58. The lowest BCUT2D eigenvalue weighted by molar-refractivity contribution is 0.791. The summed E-state index contributed by atoms with van der Waals surface area (Å²) in [5.74, 6) is 0. The summed E-state index contributed by atoms with van der Waals surface area (Å²) in [5, 5.41) is 0. The molecule has 4 nitrogen and oxygen atoms in total. The third-order valence-electron chi connectivity index (χ3n) is 1.31. The summed E-state index contributed by atoms with van der Waals surface area (Å²) in [4.78, 5) is 14.4. The van der Waals surface area contributed by atoms with Crippen LogP contribution in [-0.2, 0) is 0 Å². The quantitative estimate of drug-likeness (QED) is 0.501. The average molecular weight is 135 g/mol. The predicted octanol–water partition coefficient (Wildman–Crippen LogP) is -0.206. The van der Waals surface area contributed by atoms with Crippen molar-refractivity contribution in [2.75, 3.05) is 0 Å². The van der Waals surface area contributed by atoms with Crippen LogP contribution in [0.4, 0.5) is 0 Å². The standard InChI is InChI=1S/C6H5N3O/c10-6-7-5-8-3-1-2-4-9(6)8/h1-5H. The Morgan fingerprint density at radius 2 is 2.10 bits per heavy atom. The van der Waals surface area contributed by atoms with Gasteiger partial charge in [-0.1, -0.05) is 0 Å². The summed E-state index contributed by atoms with van der Waals surface area (Å²) in [6, 6.07) is 3.62. The van der Waals surface area contributed by atoms with Crippen LogP contribution < -0.4 is 5.69 Å². The van der Waals surface area contributed by atoms with E-state index in [1.807, 2.05) is 6.07 Å². The maximum atomic E-state index is 10.8. The van der Waals surface area contributed by atoms with Crippen LogP contribution >= 0.6 is 0 Å². The van der Waals surface area contributed by atoms with Gasteiger partial charge in [0.2, 0.25) is 0 Å². The summed E-state index contributed by atoms with van der Waals surface area (Å²) < 4.78 is 3.03. The highest BCUT2D eigenvalue weighted by atomic mass is 16.1. The van der Waals surface area contributed by atoms with Gasteiger partial charge in [-0.15, -0.1) is 0 Å². The molecule has 0 N–H and O–H groups in total. The van der Waals surface area contributed by atoms with E-state index in [9.17, 15) is 4.79 Å². The molecule has 50 valence electrons. The van der Waals surface area contributed by atoms with Gasteiger partial charge in [-0.25, -0.2) is 13.8 Å². The van der Waals surface area contributed by atoms with Crippen molar-refractivity contribution in [3.63, 3.8) is 0 Å². The topological polar surface area (TPSA) is 38.8 Å². The minimum Gasteiger partial charge on any atom is -0.244 e. The summed E-state index contributed by atoms with van der Waals surface area (Å²) in [6.07, 6.45) is 4.89. The molecule has 2 rings (SSSR count). The molecule has 0 saturated carbocycles. The Bertz CT molecular complexity index is 400. The number of rotatable bonds is 0.